The molecule has 0 aliphatic rings. The molecule has 3 nitrogen and oxygen atoms in total. The van der Waals surface area contributed by atoms with E-state index in [9.17, 15) is 4.57 Å². The Morgan fingerprint density at radius 1 is 1.11 bits per heavy atom. The molecule has 0 saturated heterocycles. The van der Waals surface area contributed by atoms with Crippen molar-refractivity contribution in [3.63, 3.8) is 0 Å². The van der Waals surface area contributed by atoms with Crippen molar-refractivity contribution >= 4 is 19.2 Å². The largest absolute Gasteiger partial charge is 0.424 e. The number of unbranched alkanes of at least 4 members (excludes halogenated alkanes) is 4. The second kappa shape index (κ2) is 9.41. The minimum absolute atomic E-state index is 0.128. The maximum atomic E-state index is 12.3. The molecular weight excluding hydrogens is 283 g/mol. The molecule has 0 aliphatic heterocycles. The van der Waals surface area contributed by atoms with Crippen LogP contribution in [-0.2, 0) is 9.09 Å². The number of para-hydroxylation sites is 1. The smallest absolute Gasteiger partial charge is 0.393 e. The third kappa shape index (κ3) is 7.00. The van der Waals surface area contributed by atoms with Crippen LogP contribution in [0.5, 0.6) is 5.75 Å². The molecule has 0 radical (unpaired) electrons. The predicted molar refractivity (Wildman–Crippen MR) is 80.1 cm³/mol. The normalized spacial score (nSPS) is 14.0. The maximum Gasteiger partial charge on any atom is 0.393 e. The van der Waals surface area contributed by atoms with Crippen molar-refractivity contribution < 1.29 is 13.6 Å². The van der Waals surface area contributed by atoms with Crippen LogP contribution in [-0.4, -0.2) is 12.2 Å². The van der Waals surface area contributed by atoms with E-state index in [4.69, 9.17) is 20.6 Å². The zero-order chi connectivity index (χ0) is 14.0. The summed E-state index contributed by atoms with van der Waals surface area (Å²) in [4.78, 5) is 0. The summed E-state index contributed by atoms with van der Waals surface area (Å²) in [5, 5.41) is 0. The van der Waals surface area contributed by atoms with Crippen LogP contribution in [0.15, 0.2) is 30.3 Å². The molecule has 1 aromatic rings. The average Bonchev–Trinajstić information content (AvgIpc) is 2.44. The van der Waals surface area contributed by atoms with E-state index in [0.29, 0.717) is 12.4 Å². The highest BCUT2D eigenvalue weighted by Crippen LogP contribution is 2.49. The van der Waals surface area contributed by atoms with Crippen molar-refractivity contribution in [1.82, 2.24) is 0 Å². The van der Waals surface area contributed by atoms with Crippen LogP contribution in [0.2, 0.25) is 0 Å². The summed E-state index contributed by atoms with van der Waals surface area (Å²) >= 11 is 5.71. The minimum Gasteiger partial charge on any atom is -0.424 e. The van der Waals surface area contributed by atoms with Gasteiger partial charge in [0.1, 0.15) is 11.4 Å². The van der Waals surface area contributed by atoms with Gasteiger partial charge >= 0.3 is 7.60 Å². The second-order valence-corrected chi connectivity index (χ2v) is 7.00. The molecule has 108 valence electrons. The fourth-order valence-corrected chi connectivity index (χ4v) is 3.01. The first-order chi connectivity index (χ1) is 9.20. The molecule has 1 rings (SSSR count). The van der Waals surface area contributed by atoms with Crippen molar-refractivity contribution in [2.75, 3.05) is 12.2 Å². The zero-order valence-electron chi connectivity index (χ0n) is 11.4. The molecule has 0 aliphatic carbocycles. The molecule has 0 heterocycles. The molecule has 5 heteroatoms. The molecule has 0 fully saturated rings. The maximum absolute atomic E-state index is 12.3. The van der Waals surface area contributed by atoms with E-state index >= 15 is 0 Å². The van der Waals surface area contributed by atoms with E-state index < -0.39 is 7.60 Å². The van der Waals surface area contributed by atoms with Crippen LogP contribution in [0.1, 0.15) is 39.0 Å². The fraction of sp³-hybridized carbons (Fsp3) is 0.571. The number of rotatable bonds is 10. The van der Waals surface area contributed by atoms with Crippen LogP contribution >= 0.6 is 19.2 Å². The second-order valence-electron chi connectivity index (χ2n) is 4.38. The van der Waals surface area contributed by atoms with Gasteiger partial charge in [-0.1, -0.05) is 50.8 Å². The van der Waals surface area contributed by atoms with Crippen molar-refractivity contribution in [3.8, 4) is 5.75 Å². The molecule has 0 bridgehead atoms. The third-order valence-corrected chi connectivity index (χ3v) is 4.91. The molecule has 0 amide bonds. The van der Waals surface area contributed by atoms with Gasteiger partial charge in [-0.05, 0) is 18.6 Å². The summed E-state index contributed by atoms with van der Waals surface area (Å²) in [6.45, 7) is 2.60. The van der Waals surface area contributed by atoms with E-state index in [1.54, 1.807) is 12.1 Å². The Hall–Kier alpha value is -0.500. The van der Waals surface area contributed by atoms with Crippen LogP contribution in [0.3, 0.4) is 0 Å². The van der Waals surface area contributed by atoms with E-state index in [1.165, 1.54) is 19.3 Å². The highest BCUT2D eigenvalue weighted by molar-refractivity contribution is 7.56. The summed E-state index contributed by atoms with van der Waals surface area (Å²) in [7, 11) is -3.21. The summed E-state index contributed by atoms with van der Waals surface area (Å²) in [5.41, 5.74) is -0.128. The lowest BCUT2D eigenvalue weighted by Crippen LogP contribution is -2.01. The van der Waals surface area contributed by atoms with Crippen LogP contribution in [0, 0.1) is 0 Å². The van der Waals surface area contributed by atoms with E-state index in [2.05, 4.69) is 6.92 Å². The first-order valence-electron chi connectivity index (χ1n) is 6.74. The Bertz CT molecular complexity index is 384. The lowest BCUT2D eigenvalue weighted by molar-refractivity contribution is 0.261. The summed E-state index contributed by atoms with van der Waals surface area (Å²) < 4.78 is 23.0. The monoisotopic (exact) mass is 304 g/mol. The van der Waals surface area contributed by atoms with Crippen LogP contribution in [0.4, 0.5) is 0 Å². The molecule has 0 N–H and O–H groups in total. The lowest BCUT2D eigenvalue weighted by Gasteiger charge is -2.17. The fourth-order valence-electron chi connectivity index (χ4n) is 1.64. The SMILES string of the molecule is CCCCCCCOP(=O)(CCl)Oc1ccccc1. The molecule has 19 heavy (non-hydrogen) atoms. The Morgan fingerprint density at radius 3 is 2.42 bits per heavy atom. The van der Waals surface area contributed by atoms with Crippen molar-refractivity contribution in [1.29, 1.82) is 0 Å². The van der Waals surface area contributed by atoms with Crippen molar-refractivity contribution in [3.05, 3.63) is 30.3 Å². The Balaban J connectivity index is 2.32. The van der Waals surface area contributed by atoms with Crippen LogP contribution in [0.25, 0.3) is 0 Å². The summed E-state index contributed by atoms with van der Waals surface area (Å²) in [6, 6.07) is 8.98. The van der Waals surface area contributed by atoms with Gasteiger partial charge in [-0.2, -0.15) is 0 Å². The molecule has 0 aromatic heterocycles. The van der Waals surface area contributed by atoms with Gasteiger partial charge in [0, 0.05) is 0 Å². The Labute approximate surface area is 120 Å². The average molecular weight is 305 g/mol. The Morgan fingerprint density at radius 2 is 1.79 bits per heavy atom. The van der Waals surface area contributed by atoms with Gasteiger partial charge in [-0.3, -0.25) is 4.52 Å². The van der Waals surface area contributed by atoms with Crippen molar-refractivity contribution in [2.45, 2.75) is 39.0 Å². The summed E-state index contributed by atoms with van der Waals surface area (Å²) in [6.07, 6.45) is 5.59. The number of benzene rings is 1. The van der Waals surface area contributed by atoms with Gasteiger partial charge < -0.3 is 4.52 Å². The molecule has 1 atom stereocenters. The highest BCUT2D eigenvalue weighted by atomic mass is 35.5. The summed E-state index contributed by atoms with van der Waals surface area (Å²) in [5.74, 6) is 0.525. The quantitative estimate of drug-likeness (QED) is 0.328. The van der Waals surface area contributed by atoms with Gasteiger partial charge in [0.25, 0.3) is 0 Å². The predicted octanol–water partition coefficient (Wildman–Crippen LogP) is 5.44. The number of halogens is 1. The third-order valence-electron chi connectivity index (χ3n) is 2.67. The van der Waals surface area contributed by atoms with Gasteiger partial charge in [0.2, 0.25) is 0 Å². The number of hydrogen-bond donors (Lipinski definition) is 0. The highest BCUT2D eigenvalue weighted by Gasteiger charge is 2.24. The van der Waals surface area contributed by atoms with E-state index in [1.807, 2.05) is 18.2 Å². The zero-order valence-corrected chi connectivity index (χ0v) is 13.0. The number of hydrogen-bond acceptors (Lipinski definition) is 3. The molecule has 0 saturated carbocycles. The van der Waals surface area contributed by atoms with E-state index in [0.717, 1.165) is 12.8 Å². The lowest BCUT2D eigenvalue weighted by atomic mass is 10.2. The van der Waals surface area contributed by atoms with Crippen molar-refractivity contribution in [2.24, 2.45) is 0 Å². The van der Waals surface area contributed by atoms with Gasteiger partial charge in [0.15, 0.2) is 0 Å². The van der Waals surface area contributed by atoms with Gasteiger partial charge in [-0.15, -0.1) is 11.6 Å². The molecule has 1 unspecified atom stereocenters. The van der Waals surface area contributed by atoms with Gasteiger partial charge in [-0.25, -0.2) is 4.57 Å². The standard InChI is InChI=1S/C14H22ClO3P/c1-2-3-4-5-9-12-17-19(16,13-15)18-14-10-7-6-8-11-14/h6-8,10-11H,2-5,9,12-13H2,1H3. The topological polar surface area (TPSA) is 35.5 Å². The molecular formula is C14H22ClO3P. The molecule has 1 aromatic carbocycles. The molecule has 0 spiro atoms. The Kier molecular flexibility index (Phi) is 8.20. The van der Waals surface area contributed by atoms with E-state index in [-0.39, 0.29) is 5.62 Å². The number of alkyl halides is 1. The minimum atomic E-state index is -3.21. The van der Waals surface area contributed by atoms with Crippen LogP contribution < -0.4 is 4.52 Å². The first kappa shape index (κ1) is 16.6. The van der Waals surface area contributed by atoms with Gasteiger partial charge in [0.05, 0.1) is 6.61 Å². The first-order valence-corrected chi connectivity index (χ1v) is 9.00.